The van der Waals surface area contributed by atoms with Gasteiger partial charge in [0.25, 0.3) is 11.6 Å². The zero-order chi connectivity index (χ0) is 15.6. The number of hydrogen-bond donors (Lipinski definition) is 1. The number of carbonyl (C=O) groups is 1. The molecule has 0 aliphatic carbocycles. The van der Waals surface area contributed by atoms with Crippen LogP contribution in [0.2, 0.25) is 0 Å². The molecule has 1 aromatic rings. The summed E-state index contributed by atoms with van der Waals surface area (Å²) in [6.45, 7) is 5.24. The molecule has 0 saturated carbocycles. The molecular weight excluding hydrogens is 270 g/mol. The molecule has 1 saturated heterocycles. The van der Waals surface area contributed by atoms with Crippen LogP contribution in [0.4, 0.5) is 5.69 Å². The monoisotopic (exact) mass is 291 g/mol. The van der Waals surface area contributed by atoms with Crippen LogP contribution < -0.4 is 5.32 Å². The standard InChI is InChI=1S/C15H21N3O3/c1-11-8-12(10-13(9-11)18(20)21)14(19)17-6-4-15(2,16-3)5-7-17/h8-10,16H,4-7H2,1-3H3. The Morgan fingerprint density at radius 2 is 1.95 bits per heavy atom. The summed E-state index contributed by atoms with van der Waals surface area (Å²) < 4.78 is 0. The molecule has 0 atom stereocenters. The predicted octanol–water partition coefficient (Wildman–Crippen LogP) is 2.12. The van der Waals surface area contributed by atoms with Gasteiger partial charge in [-0.2, -0.15) is 0 Å². The number of nitrogens with zero attached hydrogens (tertiary/aromatic N) is 2. The van der Waals surface area contributed by atoms with Crippen LogP contribution >= 0.6 is 0 Å². The van der Waals surface area contributed by atoms with Gasteiger partial charge in [0.05, 0.1) is 4.92 Å². The number of nitro benzene ring substituents is 1. The fraction of sp³-hybridized carbons (Fsp3) is 0.533. The van der Waals surface area contributed by atoms with Crippen molar-refractivity contribution in [2.75, 3.05) is 20.1 Å². The number of amides is 1. The molecule has 6 heteroatoms. The van der Waals surface area contributed by atoms with E-state index in [4.69, 9.17) is 0 Å². The Kier molecular flexibility index (Phi) is 4.27. The maximum atomic E-state index is 12.5. The van der Waals surface area contributed by atoms with Crippen LogP contribution in [0, 0.1) is 17.0 Å². The van der Waals surface area contributed by atoms with Gasteiger partial charge in [0, 0.05) is 36.3 Å². The van der Waals surface area contributed by atoms with Crippen LogP contribution in [-0.2, 0) is 0 Å². The first-order valence-electron chi connectivity index (χ1n) is 7.09. The van der Waals surface area contributed by atoms with Crippen molar-refractivity contribution in [1.29, 1.82) is 0 Å². The fourth-order valence-corrected chi connectivity index (χ4v) is 2.63. The van der Waals surface area contributed by atoms with E-state index in [1.165, 1.54) is 12.1 Å². The van der Waals surface area contributed by atoms with E-state index in [0.29, 0.717) is 18.7 Å². The van der Waals surface area contributed by atoms with Crippen molar-refractivity contribution in [1.82, 2.24) is 10.2 Å². The van der Waals surface area contributed by atoms with E-state index in [9.17, 15) is 14.9 Å². The van der Waals surface area contributed by atoms with Crippen molar-refractivity contribution in [2.24, 2.45) is 0 Å². The summed E-state index contributed by atoms with van der Waals surface area (Å²) in [5.74, 6) is -0.125. The van der Waals surface area contributed by atoms with Gasteiger partial charge in [0.1, 0.15) is 0 Å². The Morgan fingerprint density at radius 1 is 1.33 bits per heavy atom. The molecule has 6 nitrogen and oxygen atoms in total. The quantitative estimate of drug-likeness (QED) is 0.683. The van der Waals surface area contributed by atoms with Gasteiger partial charge in [0.2, 0.25) is 0 Å². The molecule has 0 spiro atoms. The molecule has 1 heterocycles. The summed E-state index contributed by atoms with van der Waals surface area (Å²) in [6.07, 6.45) is 1.76. The van der Waals surface area contributed by atoms with E-state index >= 15 is 0 Å². The maximum absolute atomic E-state index is 12.5. The average molecular weight is 291 g/mol. The van der Waals surface area contributed by atoms with Crippen LogP contribution in [0.15, 0.2) is 18.2 Å². The van der Waals surface area contributed by atoms with E-state index in [1.807, 2.05) is 7.05 Å². The Hall–Kier alpha value is -1.95. The SMILES string of the molecule is CNC1(C)CCN(C(=O)c2cc(C)cc([N+](=O)[O-])c2)CC1. The molecule has 2 rings (SSSR count). The van der Waals surface area contributed by atoms with Gasteiger partial charge in [-0.15, -0.1) is 0 Å². The van der Waals surface area contributed by atoms with Crippen LogP contribution in [0.3, 0.4) is 0 Å². The lowest BCUT2D eigenvalue weighted by Gasteiger charge is -2.39. The summed E-state index contributed by atoms with van der Waals surface area (Å²) in [7, 11) is 1.93. The number of nitro groups is 1. The van der Waals surface area contributed by atoms with E-state index in [1.54, 1.807) is 17.9 Å². The molecule has 0 unspecified atom stereocenters. The van der Waals surface area contributed by atoms with Gasteiger partial charge in [0.15, 0.2) is 0 Å². The van der Waals surface area contributed by atoms with Gasteiger partial charge in [-0.25, -0.2) is 0 Å². The number of rotatable bonds is 3. The first kappa shape index (κ1) is 15.4. The normalized spacial score (nSPS) is 17.6. The molecule has 1 N–H and O–H groups in total. The number of carbonyl (C=O) groups excluding carboxylic acids is 1. The van der Waals surface area contributed by atoms with Crippen LogP contribution in [0.1, 0.15) is 35.7 Å². The third kappa shape index (κ3) is 3.39. The molecule has 1 aromatic carbocycles. The van der Waals surface area contributed by atoms with Crippen LogP contribution in [-0.4, -0.2) is 41.4 Å². The molecule has 21 heavy (non-hydrogen) atoms. The minimum Gasteiger partial charge on any atom is -0.339 e. The second-order valence-corrected chi connectivity index (χ2v) is 5.92. The Bertz CT molecular complexity index is 563. The number of likely N-dealkylation sites (tertiary alicyclic amines) is 1. The highest BCUT2D eigenvalue weighted by Crippen LogP contribution is 2.24. The lowest BCUT2D eigenvalue weighted by molar-refractivity contribution is -0.384. The second-order valence-electron chi connectivity index (χ2n) is 5.92. The molecule has 1 aliphatic rings. The molecule has 1 aliphatic heterocycles. The number of benzene rings is 1. The summed E-state index contributed by atoms with van der Waals surface area (Å²) in [5.41, 5.74) is 1.16. The maximum Gasteiger partial charge on any atom is 0.270 e. The lowest BCUT2D eigenvalue weighted by atomic mass is 9.89. The highest BCUT2D eigenvalue weighted by molar-refractivity contribution is 5.95. The zero-order valence-corrected chi connectivity index (χ0v) is 12.7. The summed E-state index contributed by atoms with van der Waals surface area (Å²) in [6, 6.07) is 4.55. The topological polar surface area (TPSA) is 75.5 Å². The first-order chi connectivity index (χ1) is 9.84. The van der Waals surface area contributed by atoms with Crippen LogP contribution in [0.5, 0.6) is 0 Å². The third-order valence-corrected chi connectivity index (χ3v) is 4.28. The van der Waals surface area contributed by atoms with Crippen molar-refractivity contribution in [3.05, 3.63) is 39.4 Å². The van der Waals surface area contributed by atoms with Crippen LogP contribution in [0.25, 0.3) is 0 Å². The Balaban J connectivity index is 2.16. The minimum atomic E-state index is -0.460. The zero-order valence-electron chi connectivity index (χ0n) is 12.7. The van der Waals surface area contributed by atoms with E-state index < -0.39 is 4.92 Å². The van der Waals surface area contributed by atoms with Gasteiger partial charge >= 0.3 is 0 Å². The fourth-order valence-electron chi connectivity index (χ4n) is 2.63. The summed E-state index contributed by atoms with van der Waals surface area (Å²) in [5, 5.41) is 14.2. The molecule has 114 valence electrons. The van der Waals surface area contributed by atoms with Crippen molar-refractivity contribution in [3.8, 4) is 0 Å². The number of non-ortho nitro benzene ring substituents is 1. The number of nitrogens with one attached hydrogen (secondary N) is 1. The third-order valence-electron chi connectivity index (χ3n) is 4.28. The van der Waals surface area contributed by atoms with E-state index in [2.05, 4.69) is 12.2 Å². The second kappa shape index (κ2) is 5.81. The Morgan fingerprint density at radius 3 is 2.48 bits per heavy atom. The van der Waals surface area contributed by atoms with Gasteiger partial charge in [-0.05, 0) is 45.4 Å². The molecule has 1 fully saturated rings. The van der Waals surface area contributed by atoms with Gasteiger partial charge in [-0.3, -0.25) is 14.9 Å². The van der Waals surface area contributed by atoms with Crippen molar-refractivity contribution in [2.45, 2.75) is 32.2 Å². The van der Waals surface area contributed by atoms with Crippen molar-refractivity contribution < 1.29 is 9.72 Å². The molecule has 1 amide bonds. The van der Waals surface area contributed by atoms with E-state index in [0.717, 1.165) is 18.4 Å². The number of aryl methyl sites for hydroxylation is 1. The number of hydrogen-bond acceptors (Lipinski definition) is 4. The average Bonchev–Trinajstić information content (AvgIpc) is 2.46. The van der Waals surface area contributed by atoms with Crippen molar-refractivity contribution >= 4 is 11.6 Å². The molecule has 0 bridgehead atoms. The van der Waals surface area contributed by atoms with Gasteiger partial charge < -0.3 is 10.2 Å². The van der Waals surface area contributed by atoms with E-state index in [-0.39, 0.29) is 17.1 Å². The largest absolute Gasteiger partial charge is 0.339 e. The first-order valence-corrected chi connectivity index (χ1v) is 7.09. The summed E-state index contributed by atoms with van der Waals surface area (Å²) >= 11 is 0. The lowest BCUT2D eigenvalue weighted by Crippen LogP contribution is -2.51. The van der Waals surface area contributed by atoms with Crippen molar-refractivity contribution in [3.63, 3.8) is 0 Å². The minimum absolute atomic E-state index is 0.0320. The summed E-state index contributed by atoms with van der Waals surface area (Å²) in [4.78, 5) is 24.7. The molecule has 0 aromatic heterocycles. The number of piperidine rings is 1. The Labute approximate surface area is 124 Å². The smallest absolute Gasteiger partial charge is 0.270 e. The highest BCUT2D eigenvalue weighted by Gasteiger charge is 2.31. The molecule has 0 radical (unpaired) electrons. The molecular formula is C15H21N3O3. The predicted molar refractivity (Wildman–Crippen MR) is 80.4 cm³/mol. The highest BCUT2D eigenvalue weighted by atomic mass is 16.6. The van der Waals surface area contributed by atoms with Gasteiger partial charge in [-0.1, -0.05) is 0 Å².